The molecule has 7 nitrogen and oxygen atoms in total. The molecule has 26 heavy (non-hydrogen) atoms. The molecule has 0 aliphatic carbocycles. The first-order valence-corrected chi connectivity index (χ1v) is 8.86. The second-order valence-electron chi connectivity index (χ2n) is 5.77. The van der Waals surface area contributed by atoms with E-state index in [0.717, 1.165) is 30.6 Å². The third-order valence-corrected chi connectivity index (χ3v) is 3.73. The minimum absolute atomic E-state index is 0.208. The fourth-order valence-corrected chi connectivity index (χ4v) is 2.33. The van der Waals surface area contributed by atoms with Crippen molar-refractivity contribution in [2.45, 2.75) is 39.5 Å². The summed E-state index contributed by atoms with van der Waals surface area (Å²) in [6.07, 6.45) is 5.63. The van der Waals surface area contributed by atoms with Crippen LogP contribution in [0.4, 0.5) is 5.95 Å². The molecule has 7 heteroatoms. The summed E-state index contributed by atoms with van der Waals surface area (Å²) >= 11 is 0. The van der Waals surface area contributed by atoms with Crippen molar-refractivity contribution >= 4 is 12.2 Å². The molecule has 0 amide bonds. The summed E-state index contributed by atoms with van der Waals surface area (Å²) in [6.45, 7) is 4.77. The van der Waals surface area contributed by atoms with Crippen LogP contribution in [0, 0.1) is 0 Å². The van der Waals surface area contributed by atoms with E-state index in [1.165, 1.54) is 6.07 Å². The Balaban J connectivity index is 2.01. The zero-order valence-corrected chi connectivity index (χ0v) is 15.5. The number of hydrazone groups is 1. The number of methoxy groups -OCH3 is 1. The topological polar surface area (TPSA) is 88.6 Å². The highest BCUT2D eigenvalue weighted by molar-refractivity contribution is 5.81. The monoisotopic (exact) mass is 358 g/mol. The van der Waals surface area contributed by atoms with Gasteiger partial charge in [-0.3, -0.25) is 9.78 Å². The molecule has 1 heterocycles. The summed E-state index contributed by atoms with van der Waals surface area (Å²) < 4.78 is 11.1. The number of rotatable bonds is 10. The molecule has 0 aliphatic heterocycles. The molecular weight excluding hydrogens is 332 g/mol. The number of H-pyrrole nitrogens is 1. The maximum absolute atomic E-state index is 11.5. The number of anilines is 1. The predicted octanol–water partition coefficient (Wildman–Crippen LogP) is 3.36. The largest absolute Gasteiger partial charge is 0.493 e. The van der Waals surface area contributed by atoms with Gasteiger partial charge in [0.15, 0.2) is 11.5 Å². The van der Waals surface area contributed by atoms with E-state index in [1.807, 2.05) is 25.1 Å². The summed E-state index contributed by atoms with van der Waals surface area (Å²) in [6, 6.07) is 7.07. The average Bonchev–Trinajstić information content (AvgIpc) is 2.65. The van der Waals surface area contributed by atoms with Crippen LogP contribution in [0.5, 0.6) is 11.5 Å². The zero-order chi connectivity index (χ0) is 18.8. The number of aryl methyl sites for hydroxylation is 1. The van der Waals surface area contributed by atoms with E-state index in [-0.39, 0.29) is 5.56 Å². The van der Waals surface area contributed by atoms with Crippen LogP contribution in [0.15, 0.2) is 34.2 Å². The van der Waals surface area contributed by atoms with Gasteiger partial charge in [0.1, 0.15) is 0 Å². The second-order valence-corrected chi connectivity index (χ2v) is 5.77. The van der Waals surface area contributed by atoms with E-state index in [1.54, 1.807) is 13.3 Å². The van der Waals surface area contributed by atoms with Crippen LogP contribution in [0.25, 0.3) is 0 Å². The van der Waals surface area contributed by atoms with E-state index in [4.69, 9.17) is 9.47 Å². The van der Waals surface area contributed by atoms with Crippen LogP contribution in [0.2, 0.25) is 0 Å². The fourth-order valence-electron chi connectivity index (χ4n) is 2.33. The van der Waals surface area contributed by atoms with E-state index >= 15 is 0 Å². The molecule has 0 atom stereocenters. The van der Waals surface area contributed by atoms with Crippen LogP contribution in [-0.4, -0.2) is 29.9 Å². The van der Waals surface area contributed by atoms with Gasteiger partial charge in [0.05, 0.1) is 19.9 Å². The molecule has 0 saturated carbocycles. The maximum Gasteiger partial charge on any atom is 0.252 e. The molecule has 0 aliphatic rings. The first kappa shape index (κ1) is 19.5. The van der Waals surface area contributed by atoms with Gasteiger partial charge in [-0.05, 0) is 36.6 Å². The smallest absolute Gasteiger partial charge is 0.252 e. The van der Waals surface area contributed by atoms with Gasteiger partial charge < -0.3 is 9.47 Å². The normalized spacial score (nSPS) is 10.9. The van der Waals surface area contributed by atoms with E-state index in [9.17, 15) is 4.79 Å². The molecule has 0 fully saturated rings. The molecule has 0 unspecified atom stereocenters. The number of hydrogen-bond acceptors (Lipinski definition) is 6. The van der Waals surface area contributed by atoms with Crippen LogP contribution in [0.1, 0.15) is 44.4 Å². The molecule has 0 saturated heterocycles. The van der Waals surface area contributed by atoms with Crippen LogP contribution in [0.3, 0.4) is 0 Å². The Hall–Kier alpha value is -2.83. The lowest BCUT2D eigenvalue weighted by Gasteiger charge is -2.11. The SMILES string of the molecule is CCCCCOc1ccc(/C=N\Nc2nc(CC)cc(=O)[nH]2)cc1OC. The quantitative estimate of drug-likeness (QED) is 0.386. The Morgan fingerprint density at radius 2 is 2.08 bits per heavy atom. The van der Waals surface area contributed by atoms with Gasteiger partial charge in [0.2, 0.25) is 5.95 Å². The van der Waals surface area contributed by atoms with E-state index < -0.39 is 0 Å². The lowest BCUT2D eigenvalue weighted by atomic mass is 10.2. The highest BCUT2D eigenvalue weighted by Crippen LogP contribution is 2.27. The van der Waals surface area contributed by atoms with Gasteiger partial charge in [-0.1, -0.05) is 26.7 Å². The molecule has 0 bridgehead atoms. The number of aromatic amines is 1. The van der Waals surface area contributed by atoms with Crippen molar-refractivity contribution in [3.63, 3.8) is 0 Å². The zero-order valence-electron chi connectivity index (χ0n) is 15.5. The van der Waals surface area contributed by atoms with Crippen molar-refractivity contribution in [3.8, 4) is 11.5 Å². The first-order valence-electron chi connectivity index (χ1n) is 8.86. The van der Waals surface area contributed by atoms with Gasteiger partial charge in [-0.25, -0.2) is 10.4 Å². The van der Waals surface area contributed by atoms with Crippen molar-refractivity contribution in [2.24, 2.45) is 5.10 Å². The molecule has 0 spiro atoms. The summed E-state index contributed by atoms with van der Waals surface area (Å²) in [7, 11) is 1.61. The van der Waals surface area contributed by atoms with Crippen LogP contribution >= 0.6 is 0 Å². The second kappa shape index (κ2) is 10.2. The third-order valence-electron chi connectivity index (χ3n) is 3.73. The number of aromatic nitrogens is 2. The summed E-state index contributed by atoms with van der Waals surface area (Å²) in [5.41, 5.74) is 4.08. The molecule has 1 aromatic carbocycles. The van der Waals surface area contributed by atoms with E-state index in [2.05, 4.69) is 27.4 Å². The standard InChI is InChI=1S/C19H26N4O3/c1-4-6-7-10-26-16-9-8-14(11-17(16)25-3)13-20-23-19-21-15(5-2)12-18(24)22-19/h8-9,11-13H,4-7,10H2,1-3H3,(H2,21,22,23,24)/b20-13-. The summed E-state index contributed by atoms with van der Waals surface area (Å²) in [5.74, 6) is 1.69. The van der Waals surface area contributed by atoms with Gasteiger partial charge >= 0.3 is 0 Å². The van der Waals surface area contributed by atoms with Gasteiger partial charge in [-0.15, -0.1) is 0 Å². The lowest BCUT2D eigenvalue weighted by Crippen LogP contribution is -2.11. The Bertz CT molecular complexity index is 787. The van der Waals surface area contributed by atoms with E-state index in [0.29, 0.717) is 30.4 Å². The minimum Gasteiger partial charge on any atom is -0.493 e. The first-order chi connectivity index (χ1) is 12.7. The number of benzene rings is 1. The molecular formula is C19H26N4O3. The predicted molar refractivity (Wildman–Crippen MR) is 103 cm³/mol. The third kappa shape index (κ3) is 5.91. The lowest BCUT2D eigenvalue weighted by molar-refractivity contribution is 0.286. The highest BCUT2D eigenvalue weighted by atomic mass is 16.5. The molecule has 140 valence electrons. The van der Waals surface area contributed by atoms with Gasteiger partial charge in [-0.2, -0.15) is 5.10 Å². The van der Waals surface area contributed by atoms with Crippen molar-refractivity contribution in [1.82, 2.24) is 9.97 Å². The molecule has 0 radical (unpaired) electrons. The number of unbranched alkanes of at least 4 members (excludes halogenated alkanes) is 2. The fraction of sp³-hybridized carbons (Fsp3) is 0.421. The Morgan fingerprint density at radius 3 is 2.81 bits per heavy atom. The van der Waals surface area contributed by atoms with Crippen molar-refractivity contribution < 1.29 is 9.47 Å². The number of ether oxygens (including phenoxy) is 2. The van der Waals surface area contributed by atoms with Crippen LogP contribution < -0.4 is 20.5 Å². The molecule has 2 aromatic rings. The van der Waals surface area contributed by atoms with Crippen molar-refractivity contribution in [1.29, 1.82) is 0 Å². The number of hydrogen-bond donors (Lipinski definition) is 2. The van der Waals surface area contributed by atoms with Crippen LogP contribution in [-0.2, 0) is 6.42 Å². The molecule has 1 aromatic heterocycles. The van der Waals surface area contributed by atoms with Crippen molar-refractivity contribution in [3.05, 3.63) is 45.9 Å². The summed E-state index contributed by atoms with van der Waals surface area (Å²) in [4.78, 5) is 18.4. The highest BCUT2D eigenvalue weighted by Gasteiger charge is 2.05. The molecule has 2 rings (SSSR count). The Kier molecular flexibility index (Phi) is 7.67. The Morgan fingerprint density at radius 1 is 1.23 bits per heavy atom. The Labute approximate surface area is 153 Å². The number of nitrogens with zero attached hydrogens (tertiary/aromatic N) is 2. The number of nitrogens with one attached hydrogen (secondary N) is 2. The average molecular weight is 358 g/mol. The minimum atomic E-state index is -0.208. The van der Waals surface area contributed by atoms with Gasteiger partial charge in [0, 0.05) is 11.8 Å². The summed E-state index contributed by atoms with van der Waals surface area (Å²) in [5, 5.41) is 4.12. The van der Waals surface area contributed by atoms with Crippen molar-refractivity contribution in [2.75, 3.05) is 19.1 Å². The van der Waals surface area contributed by atoms with Gasteiger partial charge in [0.25, 0.3) is 5.56 Å². The molecule has 2 N–H and O–H groups in total. The maximum atomic E-state index is 11.5.